The van der Waals surface area contributed by atoms with Crippen LogP contribution < -0.4 is 0 Å². The zero-order chi connectivity index (χ0) is 12.4. The molecule has 5 heteroatoms. The van der Waals surface area contributed by atoms with Gasteiger partial charge in [-0.25, -0.2) is 9.97 Å². The van der Waals surface area contributed by atoms with Crippen LogP contribution in [0, 0.1) is 6.92 Å². The van der Waals surface area contributed by atoms with Crippen LogP contribution in [0.4, 0.5) is 0 Å². The van der Waals surface area contributed by atoms with Crippen LogP contribution in [0.3, 0.4) is 0 Å². The van der Waals surface area contributed by atoms with Gasteiger partial charge in [0.05, 0.1) is 16.8 Å². The number of alkyl halides is 1. The smallest absolute Gasteiger partial charge is 0.142 e. The minimum atomic E-state index is 0.410. The van der Waals surface area contributed by atoms with Gasteiger partial charge in [-0.15, -0.1) is 23.4 Å². The Hall–Kier alpha value is 0.0700. The molecule has 3 atom stereocenters. The molecule has 1 aliphatic heterocycles. The molecule has 0 radical (unpaired) electrons. The first-order valence-electron chi connectivity index (χ1n) is 5.77. The van der Waals surface area contributed by atoms with E-state index in [0.717, 1.165) is 23.0 Å². The molecule has 0 amide bonds. The second-order valence-corrected chi connectivity index (χ2v) is 7.62. The van der Waals surface area contributed by atoms with Crippen LogP contribution in [0.15, 0.2) is 6.07 Å². The Morgan fingerprint density at radius 2 is 2.12 bits per heavy atom. The number of halogens is 1. The molecule has 0 aliphatic carbocycles. The topological polar surface area (TPSA) is 25.8 Å². The van der Waals surface area contributed by atoms with E-state index >= 15 is 0 Å². The van der Waals surface area contributed by atoms with Crippen LogP contribution in [0.2, 0.25) is 0 Å². The van der Waals surface area contributed by atoms with Crippen molar-refractivity contribution in [1.82, 2.24) is 9.97 Å². The zero-order valence-electron chi connectivity index (χ0n) is 10.3. The first kappa shape index (κ1) is 13.5. The summed E-state index contributed by atoms with van der Waals surface area (Å²) in [5.74, 6) is 2.52. The average molecular weight is 289 g/mol. The summed E-state index contributed by atoms with van der Waals surface area (Å²) in [5, 5.41) is 1.78. The van der Waals surface area contributed by atoms with Gasteiger partial charge in [0.15, 0.2) is 0 Å². The van der Waals surface area contributed by atoms with Crippen LogP contribution in [-0.2, 0) is 5.88 Å². The van der Waals surface area contributed by atoms with E-state index in [1.807, 2.05) is 36.5 Å². The largest absolute Gasteiger partial charge is 0.237 e. The van der Waals surface area contributed by atoms with E-state index in [-0.39, 0.29) is 0 Å². The standard InChI is InChI=1S/C12H17ClN2S2/c1-7-4-10(5-13)15-12(14-7)11-6-16-8(2)9(3)17-11/h4,8-9,11H,5-6H2,1-3H3. The molecule has 17 heavy (non-hydrogen) atoms. The fourth-order valence-electron chi connectivity index (χ4n) is 1.79. The molecule has 0 spiro atoms. The van der Waals surface area contributed by atoms with E-state index in [9.17, 15) is 0 Å². The van der Waals surface area contributed by atoms with Gasteiger partial charge in [0.1, 0.15) is 5.82 Å². The van der Waals surface area contributed by atoms with Crippen molar-refractivity contribution in [3.63, 3.8) is 0 Å². The Labute approximate surface area is 116 Å². The van der Waals surface area contributed by atoms with Gasteiger partial charge in [-0.05, 0) is 13.0 Å². The molecule has 3 unspecified atom stereocenters. The number of hydrogen-bond donors (Lipinski definition) is 0. The fourth-order valence-corrected chi connectivity index (χ4v) is 4.77. The van der Waals surface area contributed by atoms with E-state index in [4.69, 9.17) is 11.6 Å². The van der Waals surface area contributed by atoms with Crippen LogP contribution in [0.5, 0.6) is 0 Å². The maximum Gasteiger partial charge on any atom is 0.142 e. The summed E-state index contributed by atoms with van der Waals surface area (Å²) >= 11 is 9.86. The highest BCUT2D eigenvalue weighted by molar-refractivity contribution is 8.07. The lowest BCUT2D eigenvalue weighted by Crippen LogP contribution is -2.23. The molecule has 0 N–H and O–H groups in total. The second-order valence-electron chi connectivity index (χ2n) is 4.36. The maximum atomic E-state index is 5.86. The summed E-state index contributed by atoms with van der Waals surface area (Å²) in [6, 6.07) is 1.96. The first-order valence-corrected chi connectivity index (χ1v) is 8.30. The van der Waals surface area contributed by atoms with Gasteiger partial charge in [-0.1, -0.05) is 13.8 Å². The number of aromatic nitrogens is 2. The third-order valence-electron chi connectivity index (χ3n) is 2.90. The number of aryl methyl sites for hydroxylation is 1. The monoisotopic (exact) mass is 288 g/mol. The zero-order valence-corrected chi connectivity index (χ0v) is 12.7. The molecule has 2 nitrogen and oxygen atoms in total. The number of hydrogen-bond acceptors (Lipinski definition) is 4. The Balaban J connectivity index is 2.19. The molecular weight excluding hydrogens is 272 g/mol. The number of thioether (sulfide) groups is 2. The molecule has 1 saturated heterocycles. The van der Waals surface area contributed by atoms with Gasteiger partial charge in [0, 0.05) is 21.9 Å². The van der Waals surface area contributed by atoms with Gasteiger partial charge in [0.25, 0.3) is 0 Å². The average Bonchev–Trinajstić information content (AvgIpc) is 2.32. The van der Waals surface area contributed by atoms with Crippen molar-refractivity contribution in [1.29, 1.82) is 0 Å². The molecule has 0 saturated carbocycles. The molecule has 1 aromatic heterocycles. The highest BCUT2D eigenvalue weighted by Crippen LogP contribution is 2.43. The van der Waals surface area contributed by atoms with E-state index in [2.05, 4.69) is 23.8 Å². The normalized spacial score (nSPS) is 29.3. The summed E-state index contributed by atoms with van der Waals surface area (Å²) in [4.78, 5) is 9.12. The van der Waals surface area contributed by atoms with Crippen molar-refractivity contribution >= 4 is 35.1 Å². The molecule has 1 fully saturated rings. The third-order valence-corrected chi connectivity index (χ3v) is 6.56. The van der Waals surface area contributed by atoms with E-state index in [0.29, 0.717) is 21.6 Å². The van der Waals surface area contributed by atoms with Crippen molar-refractivity contribution in [2.45, 2.75) is 42.4 Å². The fraction of sp³-hybridized carbons (Fsp3) is 0.667. The van der Waals surface area contributed by atoms with E-state index in [1.54, 1.807) is 0 Å². The maximum absolute atomic E-state index is 5.86. The predicted octanol–water partition coefficient (Wildman–Crippen LogP) is 3.82. The van der Waals surface area contributed by atoms with Crippen molar-refractivity contribution < 1.29 is 0 Å². The number of nitrogens with zero attached hydrogens (tertiary/aromatic N) is 2. The van der Waals surface area contributed by atoms with Crippen LogP contribution in [0.25, 0.3) is 0 Å². The molecule has 0 bridgehead atoms. The van der Waals surface area contributed by atoms with Crippen molar-refractivity contribution in [3.05, 3.63) is 23.3 Å². The lowest BCUT2D eigenvalue weighted by Gasteiger charge is -2.30. The summed E-state index contributed by atoms with van der Waals surface area (Å²) in [6.45, 7) is 6.58. The predicted molar refractivity (Wildman–Crippen MR) is 78.0 cm³/mol. The Bertz CT molecular complexity index is 400. The van der Waals surface area contributed by atoms with Crippen molar-refractivity contribution in [3.8, 4) is 0 Å². The second kappa shape index (κ2) is 5.81. The Morgan fingerprint density at radius 1 is 1.35 bits per heavy atom. The van der Waals surface area contributed by atoms with Crippen molar-refractivity contribution in [2.24, 2.45) is 0 Å². The summed E-state index contributed by atoms with van der Waals surface area (Å²) in [6.07, 6.45) is 0. The molecule has 2 rings (SSSR count). The quantitative estimate of drug-likeness (QED) is 0.773. The van der Waals surface area contributed by atoms with Crippen LogP contribution in [0.1, 0.15) is 36.3 Å². The highest BCUT2D eigenvalue weighted by Gasteiger charge is 2.28. The summed E-state index contributed by atoms with van der Waals surface area (Å²) < 4.78 is 0. The van der Waals surface area contributed by atoms with Gasteiger partial charge in [0.2, 0.25) is 0 Å². The van der Waals surface area contributed by atoms with Crippen molar-refractivity contribution in [2.75, 3.05) is 5.75 Å². The molecular formula is C12H17ClN2S2. The van der Waals surface area contributed by atoms with Crippen LogP contribution >= 0.6 is 35.1 Å². The van der Waals surface area contributed by atoms with E-state index in [1.165, 1.54) is 0 Å². The number of rotatable bonds is 2. The van der Waals surface area contributed by atoms with Crippen LogP contribution in [-0.4, -0.2) is 26.2 Å². The SMILES string of the molecule is Cc1cc(CCl)nc(C2CSC(C)C(C)S2)n1. The van der Waals surface area contributed by atoms with Gasteiger partial charge in [-0.3, -0.25) is 0 Å². The van der Waals surface area contributed by atoms with Gasteiger partial charge in [-0.2, -0.15) is 11.8 Å². The molecule has 2 heterocycles. The molecule has 94 valence electrons. The molecule has 1 aliphatic rings. The third kappa shape index (κ3) is 3.30. The van der Waals surface area contributed by atoms with Gasteiger partial charge >= 0.3 is 0 Å². The summed E-state index contributed by atoms with van der Waals surface area (Å²) in [7, 11) is 0. The summed E-state index contributed by atoms with van der Waals surface area (Å²) in [5.41, 5.74) is 1.95. The minimum Gasteiger partial charge on any atom is -0.237 e. The first-order chi connectivity index (χ1) is 8.10. The Morgan fingerprint density at radius 3 is 2.76 bits per heavy atom. The molecule has 0 aromatic carbocycles. The Kier molecular flexibility index (Phi) is 4.61. The minimum absolute atomic E-state index is 0.410. The molecule has 1 aromatic rings. The van der Waals surface area contributed by atoms with Gasteiger partial charge < -0.3 is 0 Å². The lowest BCUT2D eigenvalue weighted by molar-refractivity contribution is 0.841. The van der Waals surface area contributed by atoms with E-state index < -0.39 is 0 Å². The highest BCUT2D eigenvalue weighted by atomic mass is 35.5. The lowest BCUT2D eigenvalue weighted by atomic mass is 10.3.